The predicted molar refractivity (Wildman–Crippen MR) is 137 cm³/mol. The number of carboxylic acids is 2. The molecular formula is C22H18Br4O8. The molecule has 182 valence electrons. The topological polar surface area (TPSA) is 127 Å². The summed E-state index contributed by atoms with van der Waals surface area (Å²) in [6, 6.07) is 5.86. The first-order valence-electron chi connectivity index (χ1n) is 9.85. The molecule has 0 fully saturated rings. The van der Waals surface area contributed by atoms with Crippen molar-refractivity contribution in [3.8, 4) is 11.5 Å². The summed E-state index contributed by atoms with van der Waals surface area (Å²) in [6.45, 7) is 0. The fourth-order valence-corrected chi connectivity index (χ4v) is 5.48. The molecule has 8 nitrogen and oxygen atoms in total. The van der Waals surface area contributed by atoms with Crippen LogP contribution < -0.4 is 9.47 Å². The van der Waals surface area contributed by atoms with Crippen LogP contribution in [0.4, 0.5) is 0 Å². The molecule has 0 atom stereocenters. The minimum Gasteiger partial charge on any atom is -0.478 e. The molecule has 0 aliphatic carbocycles. The van der Waals surface area contributed by atoms with Crippen molar-refractivity contribution in [1.29, 1.82) is 0 Å². The molecule has 0 aromatic heterocycles. The summed E-state index contributed by atoms with van der Waals surface area (Å²) in [6.07, 6.45) is 2.42. The maximum atomic E-state index is 12.1. The Labute approximate surface area is 228 Å². The minimum atomic E-state index is -1.22. The molecule has 0 radical (unpaired) electrons. The number of rotatable bonds is 11. The van der Waals surface area contributed by atoms with Gasteiger partial charge in [-0.3, -0.25) is 9.59 Å². The van der Waals surface area contributed by atoms with Gasteiger partial charge in [-0.1, -0.05) is 44.7 Å². The first-order valence-corrected chi connectivity index (χ1v) is 13.0. The van der Waals surface area contributed by atoms with Gasteiger partial charge in [0.2, 0.25) is 0 Å². The number of hydrogen-bond acceptors (Lipinski definition) is 6. The highest BCUT2D eigenvalue weighted by Gasteiger charge is 2.20. The third kappa shape index (κ3) is 8.47. The SMILES string of the molecule is O=C(CCCCCCC(=O)Oc1c(Br)cc(Br)cc1C(=O)O)Oc1c(Br)cc(Br)cc1C(=O)O. The molecule has 0 heterocycles. The van der Waals surface area contributed by atoms with E-state index in [9.17, 15) is 29.4 Å². The minimum absolute atomic E-state index is 0.0525. The summed E-state index contributed by atoms with van der Waals surface area (Å²) in [5.41, 5.74) is -0.284. The Balaban J connectivity index is 1.77. The van der Waals surface area contributed by atoms with E-state index in [2.05, 4.69) is 63.7 Å². The molecule has 0 spiro atoms. The summed E-state index contributed by atoms with van der Waals surface area (Å²) < 4.78 is 12.2. The maximum absolute atomic E-state index is 12.1. The smallest absolute Gasteiger partial charge is 0.339 e. The second-order valence-electron chi connectivity index (χ2n) is 7.00. The summed E-state index contributed by atoms with van der Waals surface area (Å²) in [4.78, 5) is 47.1. The summed E-state index contributed by atoms with van der Waals surface area (Å²) >= 11 is 12.8. The molecular weight excluding hydrogens is 712 g/mol. The number of unbranched alkanes of at least 4 members (excludes halogenated alkanes) is 3. The molecule has 12 heteroatoms. The number of hydrogen-bond donors (Lipinski definition) is 2. The van der Waals surface area contributed by atoms with E-state index in [4.69, 9.17) is 9.47 Å². The number of benzene rings is 2. The zero-order valence-electron chi connectivity index (χ0n) is 17.4. The van der Waals surface area contributed by atoms with Gasteiger partial charge in [0.15, 0.2) is 11.5 Å². The standard InChI is InChI=1S/C22H18Br4O8/c23-11-7-13(21(29)30)19(15(25)9-11)33-17(27)5-3-1-2-4-6-18(28)34-20-14(22(31)32)8-12(24)10-16(20)26/h7-10H,1-6H2,(H,29,30)(H,31,32). The predicted octanol–water partition coefficient (Wildman–Crippen LogP) is 6.98. The van der Waals surface area contributed by atoms with E-state index in [0.717, 1.165) is 0 Å². The fraction of sp³-hybridized carbons (Fsp3) is 0.273. The molecule has 0 saturated heterocycles. The number of halogens is 4. The lowest BCUT2D eigenvalue weighted by Gasteiger charge is -2.11. The van der Waals surface area contributed by atoms with Crippen LogP contribution in [-0.2, 0) is 9.59 Å². The van der Waals surface area contributed by atoms with Gasteiger partial charge in [0, 0.05) is 21.8 Å². The zero-order chi connectivity index (χ0) is 25.4. The van der Waals surface area contributed by atoms with Crippen molar-refractivity contribution in [3.05, 3.63) is 53.3 Å². The van der Waals surface area contributed by atoms with Crippen molar-refractivity contribution in [2.75, 3.05) is 0 Å². The lowest BCUT2D eigenvalue weighted by atomic mass is 10.1. The van der Waals surface area contributed by atoms with E-state index in [1.165, 1.54) is 12.1 Å². The van der Waals surface area contributed by atoms with Gasteiger partial charge in [-0.25, -0.2) is 9.59 Å². The number of carbonyl (C=O) groups excluding carboxylic acids is 2. The Morgan fingerprint density at radius 3 is 1.29 bits per heavy atom. The van der Waals surface area contributed by atoms with Gasteiger partial charge in [0.05, 0.1) is 8.95 Å². The largest absolute Gasteiger partial charge is 0.478 e. The molecule has 2 aromatic rings. The summed E-state index contributed by atoms with van der Waals surface area (Å²) in [5.74, 6) is -3.67. The van der Waals surface area contributed by atoms with Crippen molar-refractivity contribution in [2.45, 2.75) is 38.5 Å². The van der Waals surface area contributed by atoms with Crippen LogP contribution in [0, 0.1) is 0 Å². The second-order valence-corrected chi connectivity index (χ2v) is 10.5. The highest BCUT2D eigenvalue weighted by atomic mass is 79.9. The number of carboxylic acid groups (broad SMARTS) is 2. The Morgan fingerprint density at radius 1 is 0.618 bits per heavy atom. The Morgan fingerprint density at radius 2 is 0.971 bits per heavy atom. The monoisotopic (exact) mass is 726 g/mol. The number of aromatic carboxylic acids is 2. The van der Waals surface area contributed by atoms with Crippen LogP contribution in [0.5, 0.6) is 11.5 Å². The van der Waals surface area contributed by atoms with Crippen molar-refractivity contribution in [3.63, 3.8) is 0 Å². The van der Waals surface area contributed by atoms with Gasteiger partial charge in [-0.05, 0) is 69.0 Å². The number of ether oxygens (including phenoxy) is 2. The highest BCUT2D eigenvalue weighted by molar-refractivity contribution is 9.11. The van der Waals surface area contributed by atoms with Gasteiger partial charge in [-0.2, -0.15) is 0 Å². The van der Waals surface area contributed by atoms with Crippen LogP contribution in [0.15, 0.2) is 42.2 Å². The first kappa shape index (κ1) is 28.5. The molecule has 2 aromatic carbocycles. The van der Waals surface area contributed by atoms with Crippen LogP contribution in [0.25, 0.3) is 0 Å². The number of esters is 2. The Bertz CT molecular complexity index is 1030. The molecule has 0 saturated carbocycles. The van der Waals surface area contributed by atoms with Crippen molar-refractivity contribution < 1.29 is 38.9 Å². The van der Waals surface area contributed by atoms with Crippen LogP contribution in [-0.4, -0.2) is 34.1 Å². The third-order valence-electron chi connectivity index (χ3n) is 4.42. The molecule has 0 amide bonds. The van der Waals surface area contributed by atoms with Crippen LogP contribution in [0.3, 0.4) is 0 Å². The summed E-state index contributed by atoms with van der Waals surface area (Å²) in [7, 11) is 0. The van der Waals surface area contributed by atoms with Crippen LogP contribution in [0.1, 0.15) is 59.2 Å². The molecule has 0 bridgehead atoms. The summed E-state index contributed by atoms with van der Waals surface area (Å²) in [5, 5.41) is 18.6. The molecule has 34 heavy (non-hydrogen) atoms. The van der Waals surface area contributed by atoms with E-state index >= 15 is 0 Å². The van der Waals surface area contributed by atoms with E-state index in [1.807, 2.05) is 0 Å². The molecule has 2 N–H and O–H groups in total. The quantitative estimate of drug-likeness (QED) is 0.144. The lowest BCUT2D eigenvalue weighted by Crippen LogP contribution is -2.12. The van der Waals surface area contributed by atoms with Crippen molar-refractivity contribution >= 4 is 87.6 Å². The highest BCUT2D eigenvalue weighted by Crippen LogP contribution is 2.34. The van der Waals surface area contributed by atoms with E-state index in [1.54, 1.807) is 12.1 Å². The molecule has 0 unspecified atom stereocenters. The zero-order valence-corrected chi connectivity index (χ0v) is 23.8. The second kappa shape index (κ2) is 13.4. The van der Waals surface area contributed by atoms with Crippen LogP contribution >= 0.6 is 63.7 Å². The van der Waals surface area contributed by atoms with Gasteiger partial charge < -0.3 is 19.7 Å². The maximum Gasteiger partial charge on any atom is 0.339 e. The van der Waals surface area contributed by atoms with E-state index in [-0.39, 0.29) is 35.5 Å². The third-order valence-corrected chi connectivity index (χ3v) is 6.51. The lowest BCUT2D eigenvalue weighted by molar-refractivity contribution is -0.135. The molecule has 2 rings (SSSR count). The van der Waals surface area contributed by atoms with Gasteiger partial charge in [-0.15, -0.1) is 0 Å². The fourth-order valence-electron chi connectivity index (χ4n) is 2.87. The van der Waals surface area contributed by atoms with E-state index in [0.29, 0.717) is 43.6 Å². The van der Waals surface area contributed by atoms with E-state index < -0.39 is 23.9 Å². The normalized spacial score (nSPS) is 10.6. The van der Waals surface area contributed by atoms with Crippen LogP contribution in [0.2, 0.25) is 0 Å². The van der Waals surface area contributed by atoms with Crippen molar-refractivity contribution in [2.24, 2.45) is 0 Å². The average Bonchev–Trinajstić information content (AvgIpc) is 2.73. The van der Waals surface area contributed by atoms with Gasteiger partial charge in [0.25, 0.3) is 0 Å². The molecule has 0 aliphatic rings. The number of carbonyl (C=O) groups is 4. The molecule has 0 aliphatic heterocycles. The van der Waals surface area contributed by atoms with Gasteiger partial charge in [0.1, 0.15) is 11.1 Å². The van der Waals surface area contributed by atoms with Gasteiger partial charge >= 0.3 is 23.9 Å². The Hall–Kier alpha value is -1.76. The Kier molecular flexibility index (Phi) is 11.2. The first-order chi connectivity index (χ1) is 16.0. The van der Waals surface area contributed by atoms with Crippen molar-refractivity contribution in [1.82, 2.24) is 0 Å². The average molecular weight is 730 g/mol.